The molecule has 1 amide bonds. The quantitative estimate of drug-likeness (QED) is 0.452. The maximum atomic E-state index is 15.2. The summed E-state index contributed by atoms with van der Waals surface area (Å²) in [6.45, 7) is 3.49. The molecule has 3 unspecified atom stereocenters. The Morgan fingerprint density at radius 1 is 1.11 bits per heavy atom. The molecule has 2 heterocycles. The highest BCUT2D eigenvalue weighted by molar-refractivity contribution is 5.99. The van der Waals surface area contributed by atoms with Gasteiger partial charge in [-0.25, -0.2) is 4.39 Å². The summed E-state index contributed by atoms with van der Waals surface area (Å²) in [6, 6.07) is 18.2. The number of carbonyl (C=O) groups excluding carboxylic acids is 2. The molecule has 2 aliphatic rings. The van der Waals surface area contributed by atoms with E-state index in [1.54, 1.807) is 30.3 Å². The number of carbonyl (C=O) groups is 2. The van der Waals surface area contributed by atoms with Gasteiger partial charge >= 0.3 is 0 Å². The van der Waals surface area contributed by atoms with Crippen LogP contribution in [-0.2, 0) is 4.79 Å². The minimum absolute atomic E-state index is 0.0220. The van der Waals surface area contributed by atoms with Gasteiger partial charge in [0.05, 0.1) is 19.4 Å². The molecule has 2 aromatic carbocycles. The number of halogens is 1. The predicted octanol–water partition coefficient (Wildman–Crippen LogP) is 2.71. The van der Waals surface area contributed by atoms with E-state index in [2.05, 4.69) is 20.4 Å². The van der Waals surface area contributed by atoms with E-state index in [0.29, 0.717) is 44.6 Å². The van der Waals surface area contributed by atoms with Crippen molar-refractivity contribution >= 4 is 17.4 Å². The average Bonchev–Trinajstić information content (AvgIpc) is 3.22. The average molecular weight is 483 g/mol. The predicted molar refractivity (Wildman–Crippen MR) is 134 cm³/mol. The zero-order valence-corrected chi connectivity index (χ0v) is 20.2. The smallest absolute Gasteiger partial charge is 0.247 e. The Bertz CT molecular complexity index is 978. The van der Waals surface area contributed by atoms with Crippen molar-refractivity contribution in [2.75, 3.05) is 31.3 Å². The summed E-state index contributed by atoms with van der Waals surface area (Å²) in [5.41, 5.74) is 0.711. The largest absolute Gasteiger partial charge is 0.395 e. The monoisotopic (exact) mass is 482 g/mol. The van der Waals surface area contributed by atoms with Crippen LogP contribution >= 0.6 is 0 Å². The Morgan fingerprint density at radius 3 is 2.34 bits per heavy atom. The molecule has 2 aromatic rings. The molecule has 4 rings (SSSR count). The van der Waals surface area contributed by atoms with Crippen molar-refractivity contribution < 1.29 is 19.1 Å². The van der Waals surface area contributed by atoms with Gasteiger partial charge in [0.15, 0.2) is 12.0 Å². The first-order chi connectivity index (χ1) is 17.0. The van der Waals surface area contributed by atoms with Crippen LogP contribution in [0.1, 0.15) is 43.0 Å². The fourth-order valence-electron chi connectivity index (χ4n) is 5.22. The lowest BCUT2D eigenvalue weighted by atomic mass is 9.85. The number of hydrogen-bond acceptors (Lipinski definition) is 6. The zero-order chi connectivity index (χ0) is 24.8. The number of nitrogens with one attached hydrogen (secondary N) is 2. The van der Waals surface area contributed by atoms with E-state index >= 15 is 4.39 Å². The van der Waals surface area contributed by atoms with Gasteiger partial charge in [-0.2, -0.15) is 0 Å². The van der Waals surface area contributed by atoms with E-state index in [9.17, 15) is 14.7 Å². The van der Waals surface area contributed by atoms with Crippen molar-refractivity contribution in [3.63, 3.8) is 0 Å². The summed E-state index contributed by atoms with van der Waals surface area (Å²) in [5, 5.41) is 16.1. The molecule has 0 aromatic heterocycles. The molecule has 35 heavy (non-hydrogen) atoms. The highest BCUT2D eigenvalue weighted by atomic mass is 19.1. The SMILES string of the molecule is CCC(CO)NC(CC(F)C(=O)c1ccccc1)N1CCC2(CC1)C(=O)NCN2c1ccccc1. The number of likely N-dealkylation sites (tertiary alicyclic amines) is 1. The van der Waals surface area contributed by atoms with Gasteiger partial charge in [-0.3, -0.25) is 19.8 Å². The lowest BCUT2D eigenvalue weighted by molar-refractivity contribution is -0.125. The fraction of sp³-hybridized carbons (Fsp3) is 0.481. The molecule has 0 bridgehead atoms. The summed E-state index contributed by atoms with van der Waals surface area (Å²) < 4.78 is 15.2. The number of aliphatic hydroxyl groups is 1. The molecule has 2 fully saturated rings. The molecular weight excluding hydrogens is 447 g/mol. The van der Waals surface area contributed by atoms with Crippen molar-refractivity contribution in [2.24, 2.45) is 0 Å². The zero-order valence-electron chi connectivity index (χ0n) is 20.2. The van der Waals surface area contributed by atoms with E-state index in [4.69, 9.17) is 0 Å². The molecule has 3 N–H and O–H groups in total. The molecule has 0 aliphatic carbocycles. The first-order valence-electron chi connectivity index (χ1n) is 12.4. The minimum atomic E-state index is -1.67. The molecule has 7 nitrogen and oxygen atoms in total. The number of benzene rings is 2. The third-order valence-corrected chi connectivity index (χ3v) is 7.39. The highest BCUT2D eigenvalue weighted by Gasteiger charge is 2.51. The van der Waals surface area contributed by atoms with Crippen molar-refractivity contribution in [1.82, 2.24) is 15.5 Å². The summed E-state index contributed by atoms with van der Waals surface area (Å²) in [5.74, 6) is -0.511. The normalized spacial score (nSPS) is 20.4. The number of para-hydroxylation sites is 1. The van der Waals surface area contributed by atoms with Crippen LogP contribution in [0.15, 0.2) is 60.7 Å². The van der Waals surface area contributed by atoms with Crippen LogP contribution in [0.5, 0.6) is 0 Å². The summed E-state index contributed by atoms with van der Waals surface area (Å²) in [4.78, 5) is 29.9. The topological polar surface area (TPSA) is 84.9 Å². The molecule has 0 radical (unpaired) electrons. The minimum Gasteiger partial charge on any atom is -0.395 e. The third kappa shape index (κ3) is 5.39. The maximum Gasteiger partial charge on any atom is 0.247 e. The first kappa shape index (κ1) is 25.3. The molecule has 8 heteroatoms. The Hall–Kier alpha value is -2.81. The number of amides is 1. The molecule has 0 saturated carbocycles. The Labute approximate surface area is 206 Å². The van der Waals surface area contributed by atoms with Crippen LogP contribution in [0.3, 0.4) is 0 Å². The molecule has 188 valence electrons. The van der Waals surface area contributed by atoms with E-state index in [-0.39, 0.29) is 25.0 Å². The summed E-state index contributed by atoms with van der Waals surface area (Å²) in [7, 11) is 0. The number of aliphatic hydroxyl groups excluding tert-OH is 1. The van der Waals surface area contributed by atoms with Gasteiger partial charge in [0.2, 0.25) is 5.91 Å². The summed E-state index contributed by atoms with van der Waals surface area (Å²) in [6.07, 6.45) is -0.263. The Balaban J connectivity index is 1.49. The molecule has 2 aliphatic heterocycles. The second-order valence-electron chi connectivity index (χ2n) is 9.40. The lowest BCUT2D eigenvalue weighted by Gasteiger charge is -2.46. The molecule has 2 saturated heterocycles. The second-order valence-corrected chi connectivity index (χ2v) is 9.40. The highest BCUT2D eigenvalue weighted by Crippen LogP contribution is 2.36. The number of anilines is 1. The fourth-order valence-corrected chi connectivity index (χ4v) is 5.22. The standard InChI is InChI=1S/C27H35FN4O3/c1-2-21(18-33)30-24(17-23(28)25(34)20-9-5-3-6-10-20)31-15-13-27(14-16-31)26(35)29-19-32(27)22-11-7-4-8-12-22/h3-12,21,23-24,30,33H,2,13-19H2,1H3,(H,29,35). The van der Waals surface area contributed by atoms with Gasteiger partial charge in [0.1, 0.15) is 5.54 Å². The number of nitrogens with zero attached hydrogens (tertiary/aromatic N) is 2. The number of ketones is 1. The number of rotatable bonds is 10. The van der Waals surface area contributed by atoms with Crippen LogP contribution in [0, 0.1) is 0 Å². The van der Waals surface area contributed by atoms with Gasteiger partial charge in [0.25, 0.3) is 0 Å². The number of piperidine rings is 1. The second kappa shape index (κ2) is 11.3. The van der Waals surface area contributed by atoms with Crippen LogP contribution in [0.4, 0.5) is 10.1 Å². The third-order valence-electron chi connectivity index (χ3n) is 7.39. The van der Waals surface area contributed by atoms with Gasteiger partial charge in [-0.05, 0) is 31.4 Å². The van der Waals surface area contributed by atoms with Gasteiger partial charge in [-0.15, -0.1) is 0 Å². The maximum absolute atomic E-state index is 15.2. The van der Waals surface area contributed by atoms with Crippen molar-refractivity contribution in [2.45, 2.75) is 56.5 Å². The van der Waals surface area contributed by atoms with Crippen LogP contribution in [0.2, 0.25) is 0 Å². The van der Waals surface area contributed by atoms with Crippen LogP contribution in [-0.4, -0.2) is 72.0 Å². The molecule has 1 spiro atoms. The van der Waals surface area contributed by atoms with E-state index < -0.39 is 23.7 Å². The lowest BCUT2D eigenvalue weighted by Crippen LogP contribution is -2.61. The van der Waals surface area contributed by atoms with Crippen molar-refractivity contribution in [3.8, 4) is 0 Å². The first-order valence-corrected chi connectivity index (χ1v) is 12.4. The van der Waals surface area contributed by atoms with Gasteiger partial charge in [0, 0.05) is 36.8 Å². The molecular formula is C27H35FN4O3. The number of hydrogen-bond donors (Lipinski definition) is 3. The Morgan fingerprint density at radius 2 is 1.74 bits per heavy atom. The molecule has 3 atom stereocenters. The van der Waals surface area contributed by atoms with E-state index in [1.165, 1.54) is 0 Å². The van der Waals surface area contributed by atoms with E-state index in [0.717, 1.165) is 5.69 Å². The van der Waals surface area contributed by atoms with Crippen LogP contribution in [0.25, 0.3) is 0 Å². The van der Waals surface area contributed by atoms with Crippen molar-refractivity contribution in [1.29, 1.82) is 0 Å². The van der Waals surface area contributed by atoms with Gasteiger partial charge < -0.3 is 15.3 Å². The number of alkyl halides is 1. The van der Waals surface area contributed by atoms with Crippen molar-refractivity contribution in [3.05, 3.63) is 66.2 Å². The number of Topliss-reactive ketones (excluding diaryl/α,β-unsaturated/α-hetero) is 1. The summed E-state index contributed by atoms with van der Waals surface area (Å²) >= 11 is 0. The van der Waals surface area contributed by atoms with Gasteiger partial charge in [-0.1, -0.05) is 55.5 Å². The van der Waals surface area contributed by atoms with E-state index in [1.807, 2.05) is 37.3 Å². The van der Waals surface area contributed by atoms with Crippen LogP contribution < -0.4 is 15.5 Å². The Kier molecular flexibility index (Phi) is 8.15.